The van der Waals surface area contributed by atoms with Crippen molar-refractivity contribution in [2.24, 2.45) is 11.1 Å². The number of oxime groups is 1. The fourth-order valence-corrected chi connectivity index (χ4v) is 0.860. The number of Topliss-reactive ketones (excluding diaryl/α,β-unsaturated/α-hetero) is 1. The molecule has 0 N–H and O–H groups in total. The van der Waals surface area contributed by atoms with Crippen LogP contribution in [0.1, 0.15) is 20.3 Å². The molecule has 0 bridgehead atoms. The number of rotatable bonds is 1. The van der Waals surface area contributed by atoms with E-state index in [0.29, 0.717) is 18.7 Å². The molecule has 0 aromatic rings. The third kappa shape index (κ3) is 1.35. The summed E-state index contributed by atoms with van der Waals surface area (Å²) in [6, 6.07) is 0. The first-order valence-electron chi connectivity index (χ1n) is 3.45. The first-order valence-corrected chi connectivity index (χ1v) is 3.45. The lowest BCUT2D eigenvalue weighted by Crippen LogP contribution is -2.25. The van der Waals surface area contributed by atoms with Crippen molar-refractivity contribution in [2.75, 3.05) is 6.61 Å². The van der Waals surface area contributed by atoms with Crippen LogP contribution in [0.3, 0.4) is 0 Å². The van der Waals surface area contributed by atoms with Crippen molar-refractivity contribution in [3.8, 4) is 0 Å². The first-order chi connectivity index (χ1) is 4.72. The monoisotopic (exact) mass is 141 g/mol. The minimum atomic E-state index is 0.126. The zero-order valence-electron chi connectivity index (χ0n) is 6.26. The average molecular weight is 141 g/mol. The molecule has 0 saturated heterocycles. The van der Waals surface area contributed by atoms with Gasteiger partial charge in [0.15, 0.2) is 5.78 Å². The summed E-state index contributed by atoms with van der Waals surface area (Å²) in [5.74, 6) is 0.314. The molecule has 56 valence electrons. The average Bonchev–Trinajstić information content (AvgIpc) is 1.88. The van der Waals surface area contributed by atoms with Gasteiger partial charge < -0.3 is 4.84 Å². The van der Waals surface area contributed by atoms with Crippen LogP contribution < -0.4 is 0 Å². The van der Waals surface area contributed by atoms with Crippen LogP contribution in [0.5, 0.6) is 0 Å². The number of carbonyl (C=O) groups excluding carboxylic acids is 1. The highest BCUT2D eigenvalue weighted by Crippen LogP contribution is 2.06. The maximum atomic E-state index is 11.0. The van der Waals surface area contributed by atoms with E-state index in [1.54, 1.807) is 0 Å². The summed E-state index contributed by atoms with van der Waals surface area (Å²) in [5, 5.41) is 3.68. The summed E-state index contributed by atoms with van der Waals surface area (Å²) in [7, 11) is 0. The number of hydrogen-bond acceptors (Lipinski definition) is 3. The molecule has 1 heterocycles. The molecule has 0 aromatic carbocycles. The molecule has 0 amide bonds. The van der Waals surface area contributed by atoms with Crippen molar-refractivity contribution in [3.05, 3.63) is 0 Å². The molecule has 0 atom stereocenters. The van der Waals surface area contributed by atoms with Gasteiger partial charge in [-0.3, -0.25) is 4.79 Å². The van der Waals surface area contributed by atoms with E-state index >= 15 is 0 Å². The van der Waals surface area contributed by atoms with Gasteiger partial charge in [-0.1, -0.05) is 19.0 Å². The minimum absolute atomic E-state index is 0.126. The fraction of sp³-hybridized carbons (Fsp3) is 0.714. The highest BCUT2D eigenvalue weighted by atomic mass is 16.6. The molecule has 1 rings (SSSR count). The van der Waals surface area contributed by atoms with E-state index in [1.807, 2.05) is 13.8 Å². The van der Waals surface area contributed by atoms with Crippen LogP contribution in [0.4, 0.5) is 0 Å². The molecular weight excluding hydrogens is 130 g/mol. The molecule has 0 aliphatic carbocycles. The van der Waals surface area contributed by atoms with Gasteiger partial charge in [-0.05, 0) is 0 Å². The van der Waals surface area contributed by atoms with E-state index < -0.39 is 0 Å². The Morgan fingerprint density at radius 1 is 1.60 bits per heavy atom. The smallest absolute Gasteiger partial charge is 0.184 e. The van der Waals surface area contributed by atoms with E-state index in [1.165, 1.54) is 0 Å². The van der Waals surface area contributed by atoms with Crippen LogP contribution in [0.15, 0.2) is 5.16 Å². The summed E-state index contributed by atoms with van der Waals surface area (Å²) >= 11 is 0. The highest BCUT2D eigenvalue weighted by molar-refractivity contribution is 6.40. The van der Waals surface area contributed by atoms with Gasteiger partial charge in [-0.25, -0.2) is 0 Å². The normalized spacial score (nSPS) is 18.7. The molecule has 0 saturated carbocycles. The quantitative estimate of drug-likeness (QED) is 0.546. The predicted octanol–water partition coefficient (Wildman–Crippen LogP) is 0.988. The Bertz CT molecular complexity index is 172. The Morgan fingerprint density at radius 2 is 2.30 bits per heavy atom. The van der Waals surface area contributed by atoms with Gasteiger partial charge in [-0.15, -0.1) is 0 Å². The zero-order valence-corrected chi connectivity index (χ0v) is 6.26. The first kappa shape index (κ1) is 7.25. The van der Waals surface area contributed by atoms with Gasteiger partial charge in [0.05, 0.1) is 0 Å². The Kier molecular flexibility index (Phi) is 2.04. The van der Waals surface area contributed by atoms with Gasteiger partial charge in [0.1, 0.15) is 12.3 Å². The number of hydrogen-bond donors (Lipinski definition) is 0. The standard InChI is InChI=1S/C7H11NO2/c1-5(2)7-6(9)3-4-10-8-7/h5H,3-4H2,1-2H3. The topological polar surface area (TPSA) is 38.7 Å². The van der Waals surface area contributed by atoms with Crippen LogP contribution >= 0.6 is 0 Å². The molecule has 1 aliphatic heterocycles. The van der Waals surface area contributed by atoms with Crippen LogP contribution in [-0.4, -0.2) is 18.1 Å². The van der Waals surface area contributed by atoms with Crippen LogP contribution in [0.25, 0.3) is 0 Å². The molecule has 1 aliphatic rings. The third-order valence-electron chi connectivity index (χ3n) is 1.42. The largest absolute Gasteiger partial charge is 0.395 e. The Labute approximate surface area is 60.0 Å². The van der Waals surface area contributed by atoms with E-state index in [9.17, 15) is 4.79 Å². The van der Waals surface area contributed by atoms with Gasteiger partial charge >= 0.3 is 0 Å². The lowest BCUT2D eigenvalue weighted by Gasteiger charge is -2.12. The molecule has 3 nitrogen and oxygen atoms in total. The molecule has 0 unspecified atom stereocenters. The Balaban J connectivity index is 2.71. The fourth-order valence-electron chi connectivity index (χ4n) is 0.860. The summed E-state index contributed by atoms with van der Waals surface area (Å²) in [5.41, 5.74) is 0.575. The van der Waals surface area contributed by atoms with Crippen molar-refractivity contribution < 1.29 is 9.63 Å². The minimum Gasteiger partial charge on any atom is -0.395 e. The molecule has 0 radical (unpaired) electrons. The number of ketones is 1. The molecule has 10 heavy (non-hydrogen) atoms. The number of carbonyl (C=O) groups is 1. The second-order valence-electron chi connectivity index (χ2n) is 2.64. The van der Waals surface area contributed by atoms with E-state index in [4.69, 9.17) is 4.84 Å². The Hall–Kier alpha value is -0.860. The molecule has 0 fully saturated rings. The third-order valence-corrected chi connectivity index (χ3v) is 1.42. The maximum Gasteiger partial charge on any atom is 0.184 e. The van der Waals surface area contributed by atoms with Gasteiger partial charge in [0, 0.05) is 12.3 Å². The van der Waals surface area contributed by atoms with Crippen molar-refractivity contribution in [2.45, 2.75) is 20.3 Å². The summed E-state index contributed by atoms with van der Waals surface area (Å²) in [6.45, 7) is 4.31. The van der Waals surface area contributed by atoms with E-state index in [-0.39, 0.29) is 11.7 Å². The molecule has 0 spiro atoms. The maximum absolute atomic E-state index is 11.0. The Morgan fingerprint density at radius 3 is 2.70 bits per heavy atom. The van der Waals surface area contributed by atoms with E-state index in [2.05, 4.69) is 5.16 Å². The number of nitrogens with zero attached hydrogens (tertiary/aromatic N) is 1. The van der Waals surface area contributed by atoms with Crippen molar-refractivity contribution in [1.82, 2.24) is 0 Å². The molecule has 0 aromatic heterocycles. The lowest BCUT2D eigenvalue weighted by molar-refractivity contribution is -0.115. The predicted molar refractivity (Wildman–Crippen MR) is 37.8 cm³/mol. The second kappa shape index (κ2) is 2.82. The van der Waals surface area contributed by atoms with Crippen molar-refractivity contribution in [1.29, 1.82) is 0 Å². The highest BCUT2D eigenvalue weighted by Gasteiger charge is 2.19. The summed E-state index contributed by atoms with van der Waals surface area (Å²) < 4.78 is 0. The van der Waals surface area contributed by atoms with Gasteiger partial charge in [0.25, 0.3) is 0 Å². The van der Waals surface area contributed by atoms with Gasteiger partial charge in [0.2, 0.25) is 0 Å². The van der Waals surface area contributed by atoms with E-state index in [0.717, 1.165) is 0 Å². The second-order valence-corrected chi connectivity index (χ2v) is 2.64. The SMILES string of the molecule is CC(C)C1=NOCCC1=O. The van der Waals surface area contributed by atoms with Crippen LogP contribution in [-0.2, 0) is 9.63 Å². The van der Waals surface area contributed by atoms with Crippen molar-refractivity contribution >= 4 is 11.5 Å². The molecular formula is C7H11NO2. The molecule has 3 heteroatoms. The zero-order chi connectivity index (χ0) is 7.56. The summed E-state index contributed by atoms with van der Waals surface area (Å²) in [6.07, 6.45) is 0.483. The van der Waals surface area contributed by atoms with Gasteiger partial charge in [-0.2, -0.15) is 0 Å². The lowest BCUT2D eigenvalue weighted by atomic mass is 10.0. The van der Waals surface area contributed by atoms with Crippen LogP contribution in [0.2, 0.25) is 0 Å². The van der Waals surface area contributed by atoms with Crippen LogP contribution in [0, 0.1) is 5.92 Å². The van der Waals surface area contributed by atoms with Crippen molar-refractivity contribution in [3.63, 3.8) is 0 Å². The summed E-state index contributed by atoms with van der Waals surface area (Å²) in [4.78, 5) is 15.8.